The number of hydrogen-bond acceptors (Lipinski definition) is 6. The molecule has 2 N–H and O–H groups in total. The highest BCUT2D eigenvalue weighted by atomic mass is 32.2. The summed E-state index contributed by atoms with van der Waals surface area (Å²) in [6.07, 6.45) is 1.26. The summed E-state index contributed by atoms with van der Waals surface area (Å²) < 4.78 is 27.8. The summed E-state index contributed by atoms with van der Waals surface area (Å²) in [6.45, 7) is 0.371. The summed E-state index contributed by atoms with van der Waals surface area (Å²) in [5, 5.41) is 6.47. The summed E-state index contributed by atoms with van der Waals surface area (Å²) in [5.41, 5.74) is 0. The molecule has 3 atom stereocenters. The average Bonchev–Trinajstić information content (AvgIpc) is 3.33. The van der Waals surface area contributed by atoms with Crippen LogP contribution in [0.5, 0.6) is 0 Å². The molecule has 0 bridgehead atoms. The molecule has 10 heteroatoms. The van der Waals surface area contributed by atoms with Crippen LogP contribution in [-0.4, -0.2) is 49.8 Å². The van der Waals surface area contributed by atoms with E-state index in [1.165, 1.54) is 0 Å². The van der Waals surface area contributed by atoms with E-state index in [4.69, 9.17) is 0 Å². The summed E-state index contributed by atoms with van der Waals surface area (Å²) in [5.74, 6) is -0.302. The predicted octanol–water partition coefficient (Wildman–Crippen LogP) is 1.19. The Morgan fingerprint density at radius 3 is 2.67 bits per heavy atom. The van der Waals surface area contributed by atoms with E-state index < -0.39 is 22.1 Å². The molecule has 4 rings (SSSR count). The van der Waals surface area contributed by atoms with Crippen molar-refractivity contribution >= 4 is 44.5 Å². The van der Waals surface area contributed by atoms with Crippen molar-refractivity contribution in [3.8, 4) is 0 Å². The molecule has 2 fully saturated rings. The van der Waals surface area contributed by atoms with Gasteiger partial charge in [0.2, 0.25) is 21.8 Å². The van der Waals surface area contributed by atoms with Crippen LogP contribution in [0, 0.1) is 0 Å². The average molecular weight is 426 g/mol. The van der Waals surface area contributed by atoms with Gasteiger partial charge < -0.3 is 10.2 Å². The van der Waals surface area contributed by atoms with Gasteiger partial charge in [0, 0.05) is 23.9 Å². The van der Waals surface area contributed by atoms with Crippen molar-refractivity contribution in [3.05, 3.63) is 39.9 Å². The highest BCUT2D eigenvalue weighted by Crippen LogP contribution is 2.26. The zero-order valence-electron chi connectivity index (χ0n) is 14.3. The van der Waals surface area contributed by atoms with Crippen LogP contribution in [0.2, 0.25) is 0 Å². The highest BCUT2D eigenvalue weighted by molar-refractivity contribution is 7.91. The van der Waals surface area contributed by atoms with E-state index in [-0.39, 0.29) is 28.5 Å². The molecule has 7 nitrogen and oxygen atoms in total. The van der Waals surface area contributed by atoms with Crippen molar-refractivity contribution in [1.82, 2.24) is 14.9 Å². The quantitative estimate of drug-likeness (QED) is 0.752. The van der Waals surface area contributed by atoms with E-state index in [0.717, 1.165) is 16.2 Å². The molecule has 144 valence electrons. The fourth-order valence-corrected chi connectivity index (χ4v) is 6.62. The number of fused-ring (bicyclic) bond motifs is 1. The number of hydrogen-bond donors (Lipinski definition) is 2. The minimum Gasteiger partial charge on any atom is -0.342 e. The molecule has 4 heterocycles. The second kappa shape index (κ2) is 7.34. The summed E-state index contributed by atoms with van der Waals surface area (Å²) >= 11 is 2.71. The van der Waals surface area contributed by atoms with Crippen molar-refractivity contribution in [2.45, 2.75) is 41.6 Å². The number of piperidine rings is 1. The van der Waals surface area contributed by atoms with Crippen molar-refractivity contribution in [2.24, 2.45) is 0 Å². The maximum absolute atomic E-state index is 12.8. The van der Waals surface area contributed by atoms with Crippen LogP contribution in [0.3, 0.4) is 0 Å². The second-order valence-corrected chi connectivity index (χ2v) is 10.6. The van der Waals surface area contributed by atoms with E-state index in [2.05, 4.69) is 10.0 Å². The van der Waals surface area contributed by atoms with Crippen LogP contribution in [0.4, 0.5) is 0 Å². The van der Waals surface area contributed by atoms with Gasteiger partial charge in [-0.25, -0.2) is 13.1 Å². The van der Waals surface area contributed by atoms with Gasteiger partial charge in [0.15, 0.2) is 0 Å². The smallest absolute Gasteiger partial charge is 0.250 e. The third kappa shape index (κ3) is 3.79. The summed E-state index contributed by atoms with van der Waals surface area (Å²) in [4.78, 5) is 28.0. The molecule has 0 saturated carbocycles. The molecular weight excluding hydrogens is 406 g/mol. The second-order valence-electron chi connectivity index (χ2n) is 6.67. The van der Waals surface area contributed by atoms with Crippen LogP contribution in [-0.2, 0) is 26.0 Å². The maximum atomic E-state index is 12.8. The summed E-state index contributed by atoms with van der Waals surface area (Å²) in [7, 11) is -3.60. The van der Waals surface area contributed by atoms with Crippen molar-refractivity contribution in [3.63, 3.8) is 0 Å². The van der Waals surface area contributed by atoms with Gasteiger partial charge in [-0.3, -0.25) is 9.59 Å². The Labute approximate surface area is 165 Å². The molecule has 27 heavy (non-hydrogen) atoms. The molecule has 2 saturated heterocycles. The fraction of sp³-hybridized carbons (Fsp3) is 0.412. The molecule has 2 aliphatic heterocycles. The number of sulfonamides is 1. The lowest BCUT2D eigenvalue weighted by molar-refractivity contribution is -0.151. The monoisotopic (exact) mass is 425 g/mol. The first-order chi connectivity index (χ1) is 12.9. The Morgan fingerprint density at radius 1 is 1.19 bits per heavy atom. The Bertz CT molecular complexity index is 925. The first-order valence-corrected chi connectivity index (χ1v) is 11.9. The van der Waals surface area contributed by atoms with E-state index in [0.29, 0.717) is 19.4 Å². The molecule has 0 unspecified atom stereocenters. The minimum absolute atomic E-state index is 0.0902. The Kier molecular flexibility index (Phi) is 5.06. The normalized spacial score (nSPS) is 25.9. The number of nitrogens with one attached hydrogen (secondary N) is 2. The van der Waals surface area contributed by atoms with Crippen LogP contribution >= 0.6 is 22.7 Å². The van der Waals surface area contributed by atoms with Gasteiger partial charge in [-0.1, -0.05) is 12.1 Å². The molecule has 2 aliphatic rings. The van der Waals surface area contributed by atoms with Gasteiger partial charge in [0.25, 0.3) is 0 Å². The molecule has 0 aromatic carbocycles. The van der Waals surface area contributed by atoms with Gasteiger partial charge in [0.1, 0.15) is 16.3 Å². The Balaban J connectivity index is 1.43. The van der Waals surface area contributed by atoms with Gasteiger partial charge in [-0.15, -0.1) is 22.7 Å². The number of piperazine rings is 1. The van der Waals surface area contributed by atoms with Crippen molar-refractivity contribution in [1.29, 1.82) is 0 Å². The van der Waals surface area contributed by atoms with Crippen molar-refractivity contribution in [2.75, 3.05) is 6.54 Å². The van der Waals surface area contributed by atoms with E-state index in [1.54, 1.807) is 33.7 Å². The maximum Gasteiger partial charge on any atom is 0.250 e. The number of rotatable bonds is 5. The van der Waals surface area contributed by atoms with Crippen LogP contribution < -0.4 is 10.0 Å². The van der Waals surface area contributed by atoms with Gasteiger partial charge in [-0.05, 0) is 35.7 Å². The van der Waals surface area contributed by atoms with E-state index >= 15 is 0 Å². The molecule has 0 radical (unpaired) electrons. The number of carbonyl (C=O) groups excluding carboxylic acids is 2. The molecule has 2 aromatic rings. The first kappa shape index (κ1) is 18.6. The lowest BCUT2D eigenvalue weighted by Crippen LogP contribution is -2.67. The minimum atomic E-state index is -3.60. The van der Waals surface area contributed by atoms with E-state index in [1.807, 2.05) is 17.5 Å². The molecule has 0 spiro atoms. The number of amides is 2. The molecule has 2 amide bonds. The number of nitrogens with zero attached hydrogens (tertiary/aromatic N) is 1. The third-order valence-electron chi connectivity index (χ3n) is 4.87. The topological polar surface area (TPSA) is 95.6 Å². The molecular formula is C17H19N3O4S3. The van der Waals surface area contributed by atoms with E-state index in [9.17, 15) is 18.0 Å². The van der Waals surface area contributed by atoms with Crippen LogP contribution in [0.1, 0.15) is 17.7 Å². The first-order valence-electron chi connectivity index (χ1n) is 8.63. The van der Waals surface area contributed by atoms with Crippen molar-refractivity contribution < 1.29 is 18.0 Å². The lowest BCUT2D eigenvalue weighted by atomic mass is 9.93. The third-order valence-corrected chi connectivity index (χ3v) is 8.69. The Morgan fingerprint density at radius 2 is 1.96 bits per heavy atom. The molecule has 0 aliphatic carbocycles. The van der Waals surface area contributed by atoms with Gasteiger partial charge in [0.05, 0.1) is 0 Å². The van der Waals surface area contributed by atoms with Gasteiger partial charge in [-0.2, -0.15) is 0 Å². The van der Waals surface area contributed by atoms with Gasteiger partial charge >= 0.3 is 0 Å². The van der Waals surface area contributed by atoms with Crippen LogP contribution in [0.15, 0.2) is 39.2 Å². The zero-order chi connectivity index (χ0) is 19.0. The largest absolute Gasteiger partial charge is 0.342 e. The lowest BCUT2D eigenvalue weighted by Gasteiger charge is -2.44. The SMILES string of the molecule is O=C1N[C@H](Cc2cccs2)C(=O)N2CC[C@H](NS(=O)(=O)c3cccs3)C[C@@H]12. The predicted molar refractivity (Wildman–Crippen MR) is 103 cm³/mol. The highest BCUT2D eigenvalue weighted by Gasteiger charge is 2.44. The number of thiophene rings is 2. The Hall–Kier alpha value is -1.75. The summed E-state index contributed by atoms with van der Waals surface area (Å²) in [6, 6.07) is 5.56. The molecule has 2 aromatic heterocycles. The standard InChI is InChI=1S/C17H19N3O4S3/c21-16-14-9-11(19-27(23,24)15-4-2-8-26-15)5-6-20(14)17(22)13(18-16)10-12-3-1-7-25-12/h1-4,7-8,11,13-14,19H,5-6,9-10H2,(H,18,21)/t11-,13+,14-/m0/s1. The fourth-order valence-electron chi connectivity index (χ4n) is 3.58. The zero-order valence-corrected chi connectivity index (χ0v) is 16.8. The van der Waals surface area contributed by atoms with Crippen LogP contribution in [0.25, 0.3) is 0 Å². The number of carbonyl (C=O) groups is 2.